The van der Waals surface area contributed by atoms with Gasteiger partial charge in [0.15, 0.2) is 0 Å². The molecular weight excluding hydrogens is 424 g/mol. The fraction of sp³-hybridized carbons (Fsp3) is 0.360. The van der Waals surface area contributed by atoms with Crippen LogP contribution < -0.4 is 4.74 Å². The minimum atomic E-state index is -0.768. The summed E-state index contributed by atoms with van der Waals surface area (Å²) in [4.78, 5) is 29.9. The molecule has 1 amide bonds. The number of carbonyl (C=O) groups is 2. The van der Waals surface area contributed by atoms with Gasteiger partial charge in [-0.1, -0.05) is 29.8 Å². The van der Waals surface area contributed by atoms with Crippen molar-refractivity contribution in [2.75, 3.05) is 46.5 Å². The Morgan fingerprint density at radius 1 is 1.09 bits per heavy atom. The van der Waals surface area contributed by atoms with Crippen LogP contribution in [0.25, 0.3) is 5.76 Å². The Labute approximate surface area is 192 Å². The molecule has 1 unspecified atom stereocenters. The molecule has 4 rings (SSSR count). The Morgan fingerprint density at radius 2 is 1.79 bits per heavy atom. The number of phenols is 1. The molecule has 0 spiro atoms. The van der Waals surface area contributed by atoms with E-state index in [0.717, 1.165) is 24.2 Å². The van der Waals surface area contributed by atoms with Crippen LogP contribution in [0.15, 0.2) is 48.0 Å². The van der Waals surface area contributed by atoms with Crippen molar-refractivity contribution in [1.29, 1.82) is 0 Å². The van der Waals surface area contributed by atoms with Crippen molar-refractivity contribution in [1.82, 2.24) is 9.80 Å². The largest absolute Gasteiger partial charge is 0.507 e. The molecule has 1 atom stereocenters. The number of rotatable bonds is 6. The lowest BCUT2D eigenvalue weighted by Crippen LogP contribution is -2.42. The van der Waals surface area contributed by atoms with Gasteiger partial charge in [0.05, 0.1) is 37.5 Å². The van der Waals surface area contributed by atoms with E-state index in [2.05, 4.69) is 4.90 Å². The third-order valence-corrected chi connectivity index (χ3v) is 6.15. The predicted molar refractivity (Wildman–Crippen MR) is 122 cm³/mol. The van der Waals surface area contributed by atoms with Gasteiger partial charge in [0.25, 0.3) is 11.7 Å². The van der Waals surface area contributed by atoms with Crippen LogP contribution in [0.5, 0.6) is 11.5 Å². The maximum atomic E-state index is 13.1. The summed E-state index contributed by atoms with van der Waals surface area (Å²) in [5, 5.41) is 21.6. The maximum absolute atomic E-state index is 13.1. The summed E-state index contributed by atoms with van der Waals surface area (Å²) in [5.74, 6) is -1.68. The molecule has 0 aliphatic carbocycles. The summed E-state index contributed by atoms with van der Waals surface area (Å²) in [5.41, 5.74) is 1.79. The first-order valence-corrected chi connectivity index (χ1v) is 10.9. The second kappa shape index (κ2) is 9.64. The number of phenolic OH excluding ortho intramolecular Hbond substituents is 1. The van der Waals surface area contributed by atoms with Crippen LogP contribution >= 0.6 is 0 Å². The number of aryl methyl sites for hydroxylation is 1. The number of ketones is 1. The van der Waals surface area contributed by atoms with Crippen molar-refractivity contribution in [3.63, 3.8) is 0 Å². The number of carbonyl (C=O) groups excluding carboxylic acids is 2. The van der Waals surface area contributed by atoms with E-state index >= 15 is 0 Å². The first kappa shape index (κ1) is 22.8. The molecule has 174 valence electrons. The topological polar surface area (TPSA) is 99.5 Å². The summed E-state index contributed by atoms with van der Waals surface area (Å²) in [6, 6.07) is 11.2. The Hall–Kier alpha value is -3.36. The molecule has 2 aliphatic rings. The minimum absolute atomic E-state index is 0.0358. The van der Waals surface area contributed by atoms with Crippen LogP contribution in [0.3, 0.4) is 0 Å². The molecule has 33 heavy (non-hydrogen) atoms. The number of amides is 1. The maximum Gasteiger partial charge on any atom is 0.295 e. The van der Waals surface area contributed by atoms with Crippen molar-refractivity contribution in [2.24, 2.45) is 0 Å². The monoisotopic (exact) mass is 452 g/mol. The summed E-state index contributed by atoms with van der Waals surface area (Å²) in [6.07, 6.45) is 0. The van der Waals surface area contributed by atoms with Gasteiger partial charge in [-0.15, -0.1) is 0 Å². The molecule has 2 aromatic carbocycles. The number of likely N-dealkylation sites (tertiary alicyclic amines) is 1. The second-order valence-corrected chi connectivity index (χ2v) is 8.24. The van der Waals surface area contributed by atoms with Crippen molar-refractivity contribution < 1.29 is 29.3 Å². The van der Waals surface area contributed by atoms with E-state index in [4.69, 9.17) is 9.47 Å². The van der Waals surface area contributed by atoms with Gasteiger partial charge in [0, 0.05) is 32.2 Å². The van der Waals surface area contributed by atoms with E-state index in [9.17, 15) is 19.8 Å². The smallest absolute Gasteiger partial charge is 0.295 e. The molecule has 8 nitrogen and oxygen atoms in total. The highest BCUT2D eigenvalue weighted by atomic mass is 16.5. The van der Waals surface area contributed by atoms with Crippen molar-refractivity contribution in [3.05, 3.63) is 64.7 Å². The zero-order valence-electron chi connectivity index (χ0n) is 18.8. The zero-order chi connectivity index (χ0) is 23.5. The van der Waals surface area contributed by atoms with Crippen molar-refractivity contribution in [3.8, 4) is 11.5 Å². The van der Waals surface area contributed by atoms with E-state index < -0.39 is 23.5 Å². The average molecular weight is 453 g/mol. The standard InChI is InChI=1S/C25H28N2O6/c1-16-3-5-17(6-4-16)22-21(23(29)19-8-7-18(32-2)15-20(19)28)24(30)25(31)27(22)10-9-26-11-13-33-14-12-26/h3-8,15,22,28-29H,9-14H2,1-2H3/b23-21+. The van der Waals surface area contributed by atoms with Crippen LogP contribution in [0, 0.1) is 6.92 Å². The molecule has 2 saturated heterocycles. The first-order valence-electron chi connectivity index (χ1n) is 10.9. The van der Waals surface area contributed by atoms with Crippen LogP contribution in [-0.4, -0.2) is 78.2 Å². The number of aliphatic hydroxyl groups is 1. The van der Waals surface area contributed by atoms with Crippen LogP contribution in [0.4, 0.5) is 0 Å². The lowest BCUT2D eigenvalue weighted by molar-refractivity contribution is -0.140. The van der Waals surface area contributed by atoms with E-state index in [1.165, 1.54) is 24.1 Å². The third-order valence-electron chi connectivity index (χ3n) is 6.15. The lowest BCUT2D eigenvalue weighted by Gasteiger charge is -2.31. The van der Waals surface area contributed by atoms with Gasteiger partial charge in [-0.25, -0.2) is 0 Å². The van der Waals surface area contributed by atoms with Gasteiger partial charge in [0.1, 0.15) is 17.3 Å². The number of methoxy groups -OCH3 is 1. The second-order valence-electron chi connectivity index (χ2n) is 8.24. The molecule has 2 heterocycles. The zero-order valence-corrected chi connectivity index (χ0v) is 18.8. The number of Topliss-reactive ketones (excluding diaryl/α,β-unsaturated/α-hetero) is 1. The highest BCUT2D eigenvalue weighted by molar-refractivity contribution is 6.46. The van der Waals surface area contributed by atoms with E-state index in [0.29, 0.717) is 32.1 Å². The van der Waals surface area contributed by atoms with Crippen molar-refractivity contribution >= 4 is 17.4 Å². The normalized spacial score (nSPS) is 20.9. The number of aliphatic hydroxyl groups excluding tert-OH is 1. The van der Waals surface area contributed by atoms with E-state index in [-0.39, 0.29) is 16.9 Å². The lowest BCUT2D eigenvalue weighted by atomic mass is 9.94. The molecule has 8 heteroatoms. The Balaban J connectivity index is 1.75. The Bertz CT molecular complexity index is 1070. The summed E-state index contributed by atoms with van der Waals surface area (Å²) >= 11 is 0. The van der Waals surface area contributed by atoms with Crippen molar-refractivity contribution in [2.45, 2.75) is 13.0 Å². The number of benzene rings is 2. The van der Waals surface area contributed by atoms with Gasteiger partial charge in [-0.3, -0.25) is 14.5 Å². The number of aromatic hydroxyl groups is 1. The number of morpholine rings is 1. The van der Waals surface area contributed by atoms with Gasteiger partial charge in [0.2, 0.25) is 0 Å². The number of ether oxygens (including phenoxy) is 2. The molecule has 0 bridgehead atoms. The molecular formula is C25H28N2O6. The van der Waals surface area contributed by atoms with Gasteiger partial charge < -0.3 is 24.6 Å². The summed E-state index contributed by atoms with van der Waals surface area (Å²) in [7, 11) is 1.46. The molecule has 2 aliphatic heterocycles. The Morgan fingerprint density at radius 3 is 2.42 bits per heavy atom. The van der Waals surface area contributed by atoms with Crippen LogP contribution in [-0.2, 0) is 14.3 Å². The SMILES string of the molecule is COc1ccc(/C(O)=C2\C(=O)C(=O)N(CCN3CCOCC3)C2c2ccc(C)cc2)c(O)c1. The third kappa shape index (κ3) is 4.58. The minimum Gasteiger partial charge on any atom is -0.507 e. The molecule has 0 radical (unpaired) electrons. The quantitative estimate of drug-likeness (QED) is 0.395. The van der Waals surface area contributed by atoms with Gasteiger partial charge >= 0.3 is 0 Å². The predicted octanol–water partition coefficient (Wildman–Crippen LogP) is 2.46. The number of hydrogen-bond donors (Lipinski definition) is 2. The molecule has 2 N–H and O–H groups in total. The van der Waals surface area contributed by atoms with E-state index in [1.54, 1.807) is 6.07 Å². The summed E-state index contributed by atoms with van der Waals surface area (Å²) in [6.45, 7) is 5.67. The molecule has 2 fully saturated rings. The number of nitrogens with zero attached hydrogens (tertiary/aromatic N) is 2. The average Bonchev–Trinajstić information content (AvgIpc) is 3.08. The highest BCUT2D eigenvalue weighted by Gasteiger charge is 2.46. The highest BCUT2D eigenvalue weighted by Crippen LogP contribution is 2.41. The van der Waals surface area contributed by atoms with Gasteiger partial charge in [-0.2, -0.15) is 0 Å². The fourth-order valence-corrected chi connectivity index (χ4v) is 4.26. The van der Waals surface area contributed by atoms with Crippen LogP contribution in [0.1, 0.15) is 22.7 Å². The van der Waals surface area contributed by atoms with Gasteiger partial charge in [-0.05, 0) is 24.6 Å². The first-order chi connectivity index (χ1) is 15.9. The molecule has 2 aromatic rings. The molecule has 0 saturated carbocycles. The van der Waals surface area contributed by atoms with Crippen LogP contribution in [0.2, 0.25) is 0 Å². The molecule has 0 aromatic heterocycles. The summed E-state index contributed by atoms with van der Waals surface area (Å²) < 4.78 is 10.5. The number of hydrogen-bond acceptors (Lipinski definition) is 7. The Kier molecular flexibility index (Phi) is 6.67. The fourth-order valence-electron chi connectivity index (χ4n) is 4.26. The van der Waals surface area contributed by atoms with E-state index in [1.807, 2.05) is 31.2 Å².